The first-order valence-electron chi connectivity index (χ1n) is 11.1. The summed E-state index contributed by atoms with van der Waals surface area (Å²) >= 11 is 0. The van der Waals surface area contributed by atoms with E-state index in [9.17, 15) is 9.50 Å². The molecule has 0 spiro atoms. The first-order chi connectivity index (χ1) is 14.5. The SMILES string of the molecule is CC(C)COC(CN1CCN(CCC(O)c2ccc(F)cc2)CC1)c1ccccc1.Cl.Cl. The molecule has 4 nitrogen and oxygen atoms in total. The highest BCUT2D eigenvalue weighted by Gasteiger charge is 2.22. The molecule has 3 rings (SSSR count). The fourth-order valence-electron chi connectivity index (χ4n) is 3.82. The molecule has 1 aliphatic heterocycles. The number of aliphatic hydroxyl groups excluding tert-OH is 1. The second-order valence-corrected chi connectivity index (χ2v) is 8.62. The first kappa shape index (κ1) is 28.8. The lowest BCUT2D eigenvalue weighted by atomic mass is 10.1. The van der Waals surface area contributed by atoms with Gasteiger partial charge in [-0.3, -0.25) is 4.90 Å². The van der Waals surface area contributed by atoms with Crippen molar-refractivity contribution in [3.05, 3.63) is 71.5 Å². The van der Waals surface area contributed by atoms with E-state index in [1.807, 2.05) is 6.07 Å². The van der Waals surface area contributed by atoms with Gasteiger partial charge in [-0.15, -0.1) is 24.8 Å². The summed E-state index contributed by atoms with van der Waals surface area (Å²) in [6.45, 7) is 10.9. The van der Waals surface area contributed by atoms with Gasteiger partial charge in [0.25, 0.3) is 0 Å². The largest absolute Gasteiger partial charge is 0.388 e. The summed E-state index contributed by atoms with van der Waals surface area (Å²) in [7, 11) is 0. The average Bonchev–Trinajstić information content (AvgIpc) is 2.76. The number of benzene rings is 2. The monoisotopic (exact) mass is 486 g/mol. The standard InChI is InChI=1S/C25H35FN2O2.2ClH/c1-20(2)19-30-25(22-6-4-3-5-7-22)18-28-16-14-27(15-17-28)13-12-24(29)21-8-10-23(26)11-9-21;;/h3-11,20,24-25,29H,12-19H2,1-2H3;2*1H. The number of piperazine rings is 1. The summed E-state index contributed by atoms with van der Waals surface area (Å²) in [6.07, 6.45) is 0.214. The Kier molecular flexibility index (Phi) is 13.4. The number of rotatable bonds is 10. The number of ether oxygens (including phenoxy) is 1. The van der Waals surface area contributed by atoms with Crippen molar-refractivity contribution in [3.8, 4) is 0 Å². The maximum Gasteiger partial charge on any atom is 0.123 e. The topological polar surface area (TPSA) is 35.9 Å². The maximum absolute atomic E-state index is 13.0. The van der Waals surface area contributed by atoms with Crippen molar-refractivity contribution in [2.45, 2.75) is 32.5 Å². The molecule has 0 radical (unpaired) electrons. The fraction of sp³-hybridized carbons (Fsp3) is 0.520. The summed E-state index contributed by atoms with van der Waals surface area (Å²) in [5, 5.41) is 10.4. The second-order valence-electron chi connectivity index (χ2n) is 8.62. The smallest absolute Gasteiger partial charge is 0.123 e. The Morgan fingerprint density at radius 3 is 2.06 bits per heavy atom. The van der Waals surface area contributed by atoms with E-state index in [-0.39, 0.29) is 36.7 Å². The quantitative estimate of drug-likeness (QED) is 0.505. The van der Waals surface area contributed by atoms with Crippen molar-refractivity contribution in [2.24, 2.45) is 5.92 Å². The average molecular weight is 487 g/mol. The van der Waals surface area contributed by atoms with Crippen molar-refractivity contribution in [1.82, 2.24) is 9.80 Å². The van der Waals surface area contributed by atoms with E-state index >= 15 is 0 Å². The molecule has 180 valence electrons. The number of nitrogens with zero attached hydrogens (tertiary/aromatic N) is 2. The zero-order chi connectivity index (χ0) is 21.3. The Morgan fingerprint density at radius 1 is 0.875 bits per heavy atom. The molecule has 32 heavy (non-hydrogen) atoms. The maximum atomic E-state index is 13.0. The lowest BCUT2D eigenvalue weighted by Gasteiger charge is -2.37. The molecule has 0 aliphatic carbocycles. The zero-order valence-corrected chi connectivity index (χ0v) is 20.7. The van der Waals surface area contributed by atoms with E-state index in [1.165, 1.54) is 17.7 Å². The van der Waals surface area contributed by atoms with Gasteiger partial charge < -0.3 is 14.7 Å². The van der Waals surface area contributed by atoms with Crippen LogP contribution in [0.4, 0.5) is 4.39 Å². The third kappa shape index (κ3) is 9.34. The van der Waals surface area contributed by atoms with Gasteiger partial charge in [-0.05, 0) is 35.6 Å². The number of aliphatic hydroxyl groups is 1. The molecule has 1 saturated heterocycles. The normalized spacial score (nSPS) is 16.8. The summed E-state index contributed by atoms with van der Waals surface area (Å²) < 4.78 is 19.3. The molecule has 2 aromatic rings. The van der Waals surface area contributed by atoms with Gasteiger partial charge in [0.2, 0.25) is 0 Å². The van der Waals surface area contributed by atoms with Gasteiger partial charge in [0.15, 0.2) is 0 Å². The number of hydrogen-bond acceptors (Lipinski definition) is 4. The van der Waals surface area contributed by atoms with Gasteiger partial charge >= 0.3 is 0 Å². The molecule has 1 heterocycles. The first-order valence-corrected chi connectivity index (χ1v) is 11.1. The molecule has 0 bridgehead atoms. The van der Waals surface area contributed by atoms with Gasteiger partial charge in [-0.25, -0.2) is 4.39 Å². The Bertz CT molecular complexity index is 741. The van der Waals surface area contributed by atoms with E-state index < -0.39 is 6.10 Å². The minimum Gasteiger partial charge on any atom is -0.388 e. The van der Waals surface area contributed by atoms with Crippen molar-refractivity contribution in [3.63, 3.8) is 0 Å². The van der Waals surface area contributed by atoms with Crippen LogP contribution in [0.2, 0.25) is 0 Å². The van der Waals surface area contributed by atoms with Crippen molar-refractivity contribution >= 4 is 24.8 Å². The van der Waals surface area contributed by atoms with Crippen LogP contribution in [0, 0.1) is 11.7 Å². The molecule has 7 heteroatoms. The van der Waals surface area contributed by atoms with Gasteiger partial charge in [0.1, 0.15) is 5.82 Å². The van der Waals surface area contributed by atoms with Crippen LogP contribution >= 0.6 is 24.8 Å². The van der Waals surface area contributed by atoms with E-state index in [1.54, 1.807) is 12.1 Å². The van der Waals surface area contributed by atoms with E-state index in [2.05, 4.69) is 47.9 Å². The molecule has 2 unspecified atom stereocenters. The van der Waals surface area contributed by atoms with Crippen LogP contribution in [0.5, 0.6) is 0 Å². The minimum absolute atomic E-state index is 0. The highest BCUT2D eigenvalue weighted by molar-refractivity contribution is 5.85. The highest BCUT2D eigenvalue weighted by atomic mass is 35.5. The molecule has 0 aromatic heterocycles. The second kappa shape index (κ2) is 14.8. The summed E-state index contributed by atoms with van der Waals surface area (Å²) in [5.41, 5.74) is 2.02. The third-order valence-electron chi connectivity index (χ3n) is 5.66. The van der Waals surface area contributed by atoms with Crippen LogP contribution in [-0.2, 0) is 4.74 Å². The molecule has 0 saturated carbocycles. The van der Waals surface area contributed by atoms with Crippen molar-refractivity contribution in [1.29, 1.82) is 0 Å². The lowest BCUT2D eigenvalue weighted by molar-refractivity contribution is -0.000358. The molecule has 0 amide bonds. The van der Waals surface area contributed by atoms with E-state index in [4.69, 9.17) is 4.74 Å². The Morgan fingerprint density at radius 2 is 1.47 bits per heavy atom. The lowest BCUT2D eigenvalue weighted by Crippen LogP contribution is -2.48. The van der Waals surface area contributed by atoms with Crippen LogP contribution in [0.15, 0.2) is 54.6 Å². The van der Waals surface area contributed by atoms with Gasteiger partial charge in [-0.1, -0.05) is 56.3 Å². The molecular weight excluding hydrogens is 450 g/mol. The number of halogens is 3. The van der Waals surface area contributed by atoms with Crippen molar-refractivity contribution < 1.29 is 14.2 Å². The third-order valence-corrected chi connectivity index (χ3v) is 5.66. The van der Waals surface area contributed by atoms with Gasteiger partial charge in [-0.2, -0.15) is 0 Å². The van der Waals surface area contributed by atoms with Gasteiger partial charge in [0.05, 0.1) is 12.2 Å². The molecule has 2 atom stereocenters. The van der Waals surface area contributed by atoms with Crippen LogP contribution in [-0.4, -0.2) is 60.8 Å². The Hall–Kier alpha value is -1.21. The van der Waals surface area contributed by atoms with Crippen molar-refractivity contribution in [2.75, 3.05) is 45.9 Å². The molecule has 1 N–H and O–H groups in total. The van der Waals surface area contributed by atoms with Crippen LogP contribution in [0.25, 0.3) is 0 Å². The minimum atomic E-state index is -0.546. The Balaban J connectivity index is 0.00000256. The molecular formula is C25H37Cl2FN2O2. The Labute approximate surface area is 204 Å². The van der Waals surface area contributed by atoms with Crippen LogP contribution < -0.4 is 0 Å². The summed E-state index contributed by atoms with van der Waals surface area (Å²) in [5.74, 6) is 0.244. The predicted octanol–water partition coefficient (Wildman–Crippen LogP) is 5.12. The van der Waals surface area contributed by atoms with E-state index in [0.29, 0.717) is 12.3 Å². The summed E-state index contributed by atoms with van der Waals surface area (Å²) in [6, 6.07) is 16.6. The predicted molar refractivity (Wildman–Crippen MR) is 133 cm³/mol. The van der Waals surface area contributed by atoms with Gasteiger partial charge in [0, 0.05) is 45.9 Å². The van der Waals surface area contributed by atoms with Crippen LogP contribution in [0.3, 0.4) is 0 Å². The highest BCUT2D eigenvalue weighted by Crippen LogP contribution is 2.21. The molecule has 2 aromatic carbocycles. The van der Waals surface area contributed by atoms with Crippen LogP contribution in [0.1, 0.15) is 43.6 Å². The van der Waals surface area contributed by atoms with E-state index in [0.717, 1.165) is 51.4 Å². The fourth-order valence-corrected chi connectivity index (χ4v) is 3.82. The molecule has 1 aliphatic rings. The zero-order valence-electron chi connectivity index (χ0n) is 19.0. The molecule has 1 fully saturated rings. The summed E-state index contributed by atoms with van der Waals surface area (Å²) in [4.78, 5) is 4.88. The number of hydrogen-bond donors (Lipinski definition) is 1.